The average Bonchev–Trinajstić information content (AvgIpc) is 2.29. The van der Waals surface area contributed by atoms with E-state index in [1.165, 1.54) is 0 Å². The van der Waals surface area contributed by atoms with Crippen molar-refractivity contribution in [3.8, 4) is 0 Å². The molecule has 98 valence electrons. The number of halogens is 1. The lowest BCUT2D eigenvalue weighted by molar-refractivity contribution is -0.119. The van der Waals surface area contributed by atoms with Gasteiger partial charge in [-0.25, -0.2) is 4.98 Å². The molecule has 18 heavy (non-hydrogen) atoms. The monoisotopic (exact) mass is 312 g/mol. The Morgan fingerprint density at radius 1 is 1.61 bits per heavy atom. The first kappa shape index (κ1) is 13.5. The van der Waals surface area contributed by atoms with E-state index < -0.39 is 0 Å². The van der Waals surface area contributed by atoms with Crippen molar-refractivity contribution in [2.24, 2.45) is 5.92 Å². The average molecular weight is 313 g/mol. The quantitative estimate of drug-likeness (QED) is 0.850. The highest BCUT2D eigenvalue weighted by molar-refractivity contribution is 9.10. The Balaban J connectivity index is 1.75. The molecule has 5 heteroatoms. The number of carbonyl (C=O) groups excluding carboxylic acids is 1. The topological polar surface area (TPSA) is 51.2 Å². The van der Waals surface area contributed by atoms with Gasteiger partial charge in [0.05, 0.1) is 11.8 Å². The molecule has 1 aromatic rings. The molecule has 1 heterocycles. The van der Waals surface area contributed by atoms with Crippen LogP contribution in [0.1, 0.15) is 26.2 Å². The highest BCUT2D eigenvalue weighted by atomic mass is 79.9. The molecule has 1 amide bonds. The maximum absolute atomic E-state index is 11.8. The second-order valence-electron chi connectivity index (χ2n) is 4.51. The first-order valence-electron chi connectivity index (χ1n) is 6.21. The molecule has 0 saturated heterocycles. The molecule has 0 bridgehead atoms. The Morgan fingerprint density at radius 2 is 2.39 bits per heavy atom. The number of pyridine rings is 1. The van der Waals surface area contributed by atoms with Crippen LogP contribution in [0.25, 0.3) is 0 Å². The standard InChI is InChI=1S/C13H17BrN2O2/c1-2-18-10-6-9(7-10)8-12(17)16-11-4-3-5-15-13(11)14/h3-5,9-10H,2,6-8H2,1H3,(H,16,17). The summed E-state index contributed by atoms with van der Waals surface area (Å²) in [5, 5.41) is 2.87. The van der Waals surface area contributed by atoms with Crippen LogP contribution in [-0.2, 0) is 9.53 Å². The largest absolute Gasteiger partial charge is 0.378 e. The van der Waals surface area contributed by atoms with E-state index in [0.717, 1.165) is 25.1 Å². The minimum atomic E-state index is 0.0450. The minimum Gasteiger partial charge on any atom is -0.378 e. The van der Waals surface area contributed by atoms with Crippen molar-refractivity contribution in [2.45, 2.75) is 32.3 Å². The predicted molar refractivity (Wildman–Crippen MR) is 73.3 cm³/mol. The van der Waals surface area contributed by atoms with Crippen LogP contribution in [0.4, 0.5) is 5.69 Å². The van der Waals surface area contributed by atoms with E-state index in [4.69, 9.17) is 4.74 Å². The first-order chi connectivity index (χ1) is 8.69. The molecule has 1 N–H and O–H groups in total. The summed E-state index contributed by atoms with van der Waals surface area (Å²) in [6, 6.07) is 3.63. The van der Waals surface area contributed by atoms with Gasteiger partial charge in [0.1, 0.15) is 4.60 Å². The predicted octanol–water partition coefficient (Wildman–Crippen LogP) is 2.99. The summed E-state index contributed by atoms with van der Waals surface area (Å²) in [5.41, 5.74) is 0.725. The number of amides is 1. The van der Waals surface area contributed by atoms with Crippen LogP contribution in [0.2, 0.25) is 0 Å². The molecular formula is C13H17BrN2O2. The fourth-order valence-corrected chi connectivity index (χ4v) is 2.51. The van der Waals surface area contributed by atoms with Crippen molar-refractivity contribution in [3.63, 3.8) is 0 Å². The van der Waals surface area contributed by atoms with Crippen LogP contribution in [0, 0.1) is 5.92 Å². The van der Waals surface area contributed by atoms with Crippen molar-refractivity contribution in [2.75, 3.05) is 11.9 Å². The van der Waals surface area contributed by atoms with Crippen molar-refractivity contribution in [1.29, 1.82) is 0 Å². The molecule has 1 aromatic heterocycles. The Bertz CT molecular complexity index is 419. The number of nitrogens with zero attached hydrogens (tertiary/aromatic N) is 1. The fourth-order valence-electron chi connectivity index (χ4n) is 2.16. The summed E-state index contributed by atoms with van der Waals surface area (Å²) in [6.07, 6.45) is 4.59. The summed E-state index contributed by atoms with van der Waals surface area (Å²) in [4.78, 5) is 15.9. The zero-order valence-electron chi connectivity index (χ0n) is 10.4. The Hall–Kier alpha value is -0.940. The first-order valence-corrected chi connectivity index (χ1v) is 7.00. The van der Waals surface area contributed by atoms with E-state index >= 15 is 0 Å². The highest BCUT2D eigenvalue weighted by Gasteiger charge is 2.31. The van der Waals surface area contributed by atoms with Crippen LogP contribution in [0.15, 0.2) is 22.9 Å². The number of hydrogen-bond acceptors (Lipinski definition) is 3. The maximum atomic E-state index is 11.8. The van der Waals surface area contributed by atoms with E-state index in [-0.39, 0.29) is 5.91 Å². The van der Waals surface area contributed by atoms with Gasteiger partial charge < -0.3 is 10.1 Å². The number of rotatable bonds is 5. The van der Waals surface area contributed by atoms with Crippen LogP contribution in [0.5, 0.6) is 0 Å². The molecule has 0 aliphatic heterocycles. The van der Waals surface area contributed by atoms with Crippen molar-refractivity contribution < 1.29 is 9.53 Å². The third-order valence-corrected chi connectivity index (χ3v) is 3.73. The number of anilines is 1. The Morgan fingerprint density at radius 3 is 3.06 bits per heavy atom. The van der Waals surface area contributed by atoms with Gasteiger partial charge in [-0.1, -0.05) is 0 Å². The lowest BCUT2D eigenvalue weighted by atomic mass is 9.80. The van der Waals surface area contributed by atoms with Crippen LogP contribution >= 0.6 is 15.9 Å². The normalized spacial score (nSPS) is 22.3. The molecule has 1 aliphatic carbocycles. The Kier molecular flexibility index (Phi) is 4.72. The van der Waals surface area contributed by atoms with Crippen LogP contribution < -0.4 is 5.32 Å². The highest BCUT2D eigenvalue weighted by Crippen LogP contribution is 2.33. The number of aromatic nitrogens is 1. The molecule has 1 aliphatic rings. The lowest BCUT2D eigenvalue weighted by Gasteiger charge is -2.34. The number of hydrogen-bond donors (Lipinski definition) is 1. The van der Waals surface area contributed by atoms with Gasteiger partial charge in [-0.2, -0.15) is 0 Å². The summed E-state index contributed by atoms with van der Waals surface area (Å²) < 4.78 is 6.14. The molecule has 0 aromatic carbocycles. The van der Waals surface area contributed by atoms with E-state index in [1.807, 2.05) is 13.0 Å². The van der Waals surface area contributed by atoms with E-state index in [0.29, 0.717) is 23.0 Å². The number of ether oxygens (including phenoxy) is 1. The smallest absolute Gasteiger partial charge is 0.224 e. The van der Waals surface area contributed by atoms with E-state index in [2.05, 4.69) is 26.2 Å². The summed E-state index contributed by atoms with van der Waals surface area (Å²) in [5.74, 6) is 0.501. The van der Waals surface area contributed by atoms with Gasteiger partial charge in [0.15, 0.2) is 0 Å². The lowest BCUT2D eigenvalue weighted by Crippen LogP contribution is -2.33. The van der Waals surface area contributed by atoms with Gasteiger partial charge in [-0.05, 0) is 53.7 Å². The van der Waals surface area contributed by atoms with Crippen molar-refractivity contribution in [3.05, 3.63) is 22.9 Å². The number of carbonyl (C=O) groups is 1. The molecule has 4 nitrogen and oxygen atoms in total. The van der Waals surface area contributed by atoms with Gasteiger partial charge in [-0.15, -0.1) is 0 Å². The van der Waals surface area contributed by atoms with Gasteiger partial charge >= 0.3 is 0 Å². The molecule has 1 saturated carbocycles. The van der Waals surface area contributed by atoms with E-state index in [9.17, 15) is 4.79 Å². The van der Waals surface area contributed by atoms with Crippen molar-refractivity contribution in [1.82, 2.24) is 4.98 Å². The SMILES string of the molecule is CCOC1CC(CC(=O)Nc2cccnc2Br)C1. The third-order valence-electron chi connectivity index (χ3n) is 3.10. The maximum Gasteiger partial charge on any atom is 0.224 e. The molecule has 0 unspecified atom stereocenters. The second-order valence-corrected chi connectivity index (χ2v) is 5.26. The van der Waals surface area contributed by atoms with Crippen LogP contribution in [0.3, 0.4) is 0 Å². The number of nitrogens with one attached hydrogen (secondary N) is 1. The summed E-state index contributed by atoms with van der Waals surface area (Å²) >= 11 is 3.31. The van der Waals surface area contributed by atoms with Gasteiger partial charge in [0.25, 0.3) is 0 Å². The zero-order valence-corrected chi connectivity index (χ0v) is 11.9. The van der Waals surface area contributed by atoms with E-state index in [1.54, 1.807) is 12.3 Å². The third kappa shape index (κ3) is 3.53. The molecule has 1 fully saturated rings. The molecule has 0 atom stereocenters. The summed E-state index contributed by atoms with van der Waals surface area (Å²) in [6.45, 7) is 2.76. The minimum absolute atomic E-state index is 0.0450. The molecule has 0 spiro atoms. The zero-order chi connectivity index (χ0) is 13.0. The van der Waals surface area contributed by atoms with Crippen molar-refractivity contribution >= 4 is 27.5 Å². The summed E-state index contributed by atoms with van der Waals surface area (Å²) in [7, 11) is 0. The molecule has 2 rings (SSSR count). The molecule has 0 radical (unpaired) electrons. The molecular weight excluding hydrogens is 296 g/mol. The Labute approximate surface area is 115 Å². The van der Waals surface area contributed by atoms with Gasteiger partial charge in [0.2, 0.25) is 5.91 Å². The van der Waals surface area contributed by atoms with Gasteiger partial charge in [-0.3, -0.25) is 4.79 Å². The van der Waals surface area contributed by atoms with Crippen LogP contribution in [-0.4, -0.2) is 23.6 Å². The fraction of sp³-hybridized carbons (Fsp3) is 0.538. The second kappa shape index (κ2) is 6.29. The van der Waals surface area contributed by atoms with Gasteiger partial charge in [0, 0.05) is 19.2 Å².